The summed E-state index contributed by atoms with van der Waals surface area (Å²) < 4.78 is 12.6. The highest BCUT2D eigenvalue weighted by Crippen LogP contribution is 2.10. The van der Waals surface area contributed by atoms with Crippen molar-refractivity contribution in [2.45, 2.75) is 33.4 Å². The quantitative estimate of drug-likeness (QED) is 0.746. The summed E-state index contributed by atoms with van der Waals surface area (Å²) in [5, 5.41) is 8.00. The van der Waals surface area contributed by atoms with Crippen molar-refractivity contribution in [3.05, 3.63) is 11.4 Å². The molecule has 1 unspecified atom stereocenters. The molecule has 0 N–H and O–H groups in total. The molecule has 21 heavy (non-hydrogen) atoms. The van der Waals surface area contributed by atoms with E-state index in [1.807, 2.05) is 20.8 Å². The van der Waals surface area contributed by atoms with Crippen LogP contribution in [0.15, 0.2) is 0 Å². The van der Waals surface area contributed by atoms with Crippen molar-refractivity contribution in [1.82, 2.24) is 19.9 Å². The second-order valence-corrected chi connectivity index (χ2v) is 5.95. The van der Waals surface area contributed by atoms with Gasteiger partial charge in [-0.15, -0.1) is 5.10 Å². The maximum atomic E-state index is 12.0. The van der Waals surface area contributed by atoms with Crippen LogP contribution in [-0.4, -0.2) is 65.3 Å². The van der Waals surface area contributed by atoms with Crippen molar-refractivity contribution in [2.24, 2.45) is 5.92 Å². The van der Waals surface area contributed by atoms with Crippen molar-refractivity contribution in [2.75, 3.05) is 33.4 Å². The van der Waals surface area contributed by atoms with Crippen LogP contribution >= 0.6 is 0 Å². The van der Waals surface area contributed by atoms with E-state index in [1.54, 1.807) is 4.68 Å². The van der Waals surface area contributed by atoms with Crippen LogP contribution in [0.25, 0.3) is 0 Å². The number of morpholine rings is 1. The minimum Gasteiger partial charge on any atom is -0.461 e. The van der Waals surface area contributed by atoms with Gasteiger partial charge < -0.3 is 14.4 Å². The lowest BCUT2D eigenvalue weighted by Crippen LogP contribution is -2.42. The Morgan fingerprint density at radius 2 is 2.29 bits per heavy atom. The van der Waals surface area contributed by atoms with Gasteiger partial charge in [0.05, 0.1) is 31.6 Å². The van der Waals surface area contributed by atoms with E-state index in [-0.39, 0.29) is 6.10 Å². The number of rotatable bonds is 5. The number of hydrogen-bond donors (Lipinski definition) is 0. The first kappa shape index (κ1) is 15.9. The number of carbonyl (C=O) groups is 1. The first-order chi connectivity index (χ1) is 9.97. The zero-order chi connectivity index (χ0) is 15.4. The second-order valence-electron chi connectivity index (χ2n) is 5.95. The van der Waals surface area contributed by atoms with Crippen molar-refractivity contribution >= 4 is 5.97 Å². The molecule has 0 bridgehead atoms. The van der Waals surface area contributed by atoms with E-state index >= 15 is 0 Å². The van der Waals surface area contributed by atoms with E-state index in [4.69, 9.17) is 9.47 Å². The van der Waals surface area contributed by atoms with Gasteiger partial charge in [-0.05, 0) is 19.9 Å². The fourth-order valence-electron chi connectivity index (χ4n) is 2.20. The molecule has 1 aromatic rings. The van der Waals surface area contributed by atoms with Crippen LogP contribution in [0, 0.1) is 12.8 Å². The van der Waals surface area contributed by atoms with E-state index in [1.165, 1.54) is 0 Å². The molecule has 1 atom stereocenters. The number of aromatic nitrogens is 3. The van der Waals surface area contributed by atoms with Gasteiger partial charge in [-0.25, -0.2) is 9.48 Å². The molecule has 0 spiro atoms. The maximum Gasteiger partial charge on any atom is 0.360 e. The third-order valence-corrected chi connectivity index (χ3v) is 3.44. The molecule has 0 aromatic carbocycles. The molecule has 0 amide bonds. The van der Waals surface area contributed by atoms with E-state index in [2.05, 4.69) is 22.3 Å². The Morgan fingerprint density at radius 1 is 1.52 bits per heavy atom. The predicted octanol–water partition coefficient (Wildman–Crippen LogP) is 0.730. The molecular formula is C14H24N4O3. The highest BCUT2D eigenvalue weighted by Gasteiger charge is 2.23. The molecular weight excluding hydrogens is 272 g/mol. The topological polar surface area (TPSA) is 69.5 Å². The lowest BCUT2D eigenvalue weighted by atomic mass is 10.2. The Hall–Kier alpha value is -1.47. The maximum absolute atomic E-state index is 12.0. The lowest BCUT2D eigenvalue weighted by Gasteiger charge is -2.29. The Kier molecular flexibility index (Phi) is 5.30. The van der Waals surface area contributed by atoms with Gasteiger partial charge in [-0.1, -0.05) is 19.1 Å². The summed E-state index contributed by atoms with van der Waals surface area (Å²) in [7, 11) is 2.07. The van der Waals surface area contributed by atoms with Gasteiger partial charge in [0.25, 0.3) is 0 Å². The lowest BCUT2D eigenvalue weighted by molar-refractivity contribution is -0.0295. The molecule has 118 valence electrons. The highest BCUT2D eigenvalue weighted by molar-refractivity contribution is 5.88. The fourth-order valence-corrected chi connectivity index (χ4v) is 2.20. The first-order valence-electron chi connectivity index (χ1n) is 7.34. The number of carbonyl (C=O) groups excluding carboxylic acids is 1. The molecule has 0 aliphatic carbocycles. The van der Waals surface area contributed by atoms with Crippen molar-refractivity contribution in [3.8, 4) is 0 Å². The number of ether oxygens (including phenoxy) is 2. The standard InChI is InChI=1S/C14H24N4O3/c1-10(2)9-21-14(19)13-11(3)18(16-15-13)8-12-7-17(4)5-6-20-12/h10,12H,5-9H2,1-4H3. The smallest absolute Gasteiger partial charge is 0.360 e. The zero-order valence-electron chi connectivity index (χ0n) is 13.2. The average Bonchev–Trinajstić information content (AvgIpc) is 2.78. The molecule has 1 aromatic heterocycles. The van der Waals surface area contributed by atoms with Crippen LogP contribution < -0.4 is 0 Å². The van der Waals surface area contributed by atoms with Gasteiger partial charge in [-0.2, -0.15) is 0 Å². The summed E-state index contributed by atoms with van der Waals surface area (Å²) in [6, 6.07) is 0. The number of nitrogens with zero attached hydrogens (tertiary/aromatic N) is 4. The normalized spacial score (nSPS) is 20.0. The van der Waals surface area contributed by atoms with Crippen molar-refractivity contribution in [3.63, 3.8) is 0 Å². The summed E-state index contributed by atoms with van der Waals surface area (Å²) in [5.74, 6) is -0.107. The number of esters is 1. The fraction of sp³-hybridized carbons (Fsp3) is 0.786. The molecule has 1 aliphatic heterocycles. The summed E-state index contributed by atoms with van der Waals surface area (Å²) in [4.78, 5) is 14.2. The highest BCUT2D eigenvalue weighted by atomic mass is 16.5. The van der Waals surface area contributed by atoms with Crippen LogP contribution in [0.5, 0.6) is 0 Å². The van der Waals surface area contributed by atoms with Crippen LogP contribution in [-0.2, 0) is 16.0 Å². The summed E-state index contributed by atoms with van der Waals surface area (Å²) in [6.45, 7) is 9.33. The summed E-state index contributed by atoms with van der Waals surface area (Å²) >= 11 is 0. The molecule has 1 saturated heterocycles. The third-order valence-electron chi connectivity index (χ3n) is 3.44. The molecule has 2 heterocycles. The van der Waals surface area contributed by atoms with Crippen molar-refractivity contribution in [1.29, 1.82) is 0 Å². The van der Waals surface area contributed by atoms with Gasteiger partial charge in [0.1, 0.15) is 0 Å². The first-order valence-corrected chi connectivity index (χ1v) is 7.34. The summed E-state index contributed by atoms with van der Waals surface area (Å²) in [5.41, 5.74) is 1.01. The van der Waals surface area contributed by atoms with E-state index in [0.717, 1.165) is 25.4 Å². The Morgan fingerprint density at radius 3 is 2.95 bits per heavy atom. The molecule has 7 heteroatoms. The number of likely N-dealkylation sites (N-methyl/N-ethyl adjacent to an activating group) is 1. The summed E-state index contributed by atoms with van der Waals surface area (Å²) in [6.07, 6.45) is 0.0729. The minimum absolute atomic E-state index is 0.0729. The number of hydrogen-bond acceptors (Lipinski definition) is 6. The Labute approximate surface area is 125 Å². The van der Waals surface area contributed by atoms with E-state index in [9.17, 15) is 4.79 Å². The van der Waals surface area contributed by atoms with Gasteiger partial charge >= 0.3 is 5.97 Å². The van der Waals surface area contributed by atoms with Crippen LogP contribution in [0.2, 0.25) is 0 Å². The van der Waals surface area contributed by atoms with Crippen LogP contribution in [0.4, 0.5) is 0 Å². The molecule has 7 nitrogen and oxygen atoms in total. The SMILES string of the molecule is Cc1c(C(=O)OCC(C)C)nnn1CC1CN(C)CCO1. The second kappa shape index (κ2) is 7.00. The molecule has 0 saturated carbocycles. The molecule has 1 aliphatic rings. The molecule has 0 radical (unpaired) electrons. The Balaban J connectivity index is 1.97. The van der Waals surface area contributed by atoms with Crippen molar-refractivity contribution < 1.29 is 14.3 Å². The van der Waals surface area contributed by atoms with Crippen LogP contribution in [0.3, 0.4) is 0 Å². The van der Waals surface area contributed by atoms with E-state index in [0.29, 0.717) is 24.8 Å². The van der Waals surface area contributed by atoms with Gasteiger partial charge in [-0.3, -0.25) is 0 Å². The Bertz CT molecular complexity index is 487. The van der Waals surface area contributed by atoms with Gasteiger partial charge in [0, 0.05) is 13.1 Å². The predicted molar refractivity (Wildman–Crippen MR) is 77.1 cm³/mol. The largest absolute Gasteiger partial charge is 0.461 e. The molecule has 1 fully saturated rings. The minimum atomic E-state index is -0.408. The zero-order valence-corrected chi connectivity index (χ0v) is 13.2. The monoisotopic (exact) mass is 296 g/mol. The van der Waals surface area contributed by atoms with Gasteiger partial charge in [0.15, 0.2) is 5.69 Å². The van der Waals surface area contributed by atoms with Gasteiger partial charge in [0.2, 0.25) is 0 Å². The van der Waals surface area contributed by atoms with Crippen LogP contribution in [0.1, 0.15) is 30.0 Å². The third kappa shape index (κ3) is 4.25. The average molecular weight is 296 g/mol. The van der Waals surface area contributed by atoms with E-state index < -0.39 is 5.97 Å². The molecule has 2 rings (SSSR count).